The molecule has 30 heavy (non-hydrogen) atoms. The normalized spacial score (nSPS) is 11.5. The molecule has 5 rings (SSSR count). The van der Waals surface area contributed by atoms with Crippen molar-refractivity contribution in [3.63, 3.8) is 0 Å². The van der Waals surface area contributed by atoms with Gasteiger partial charge in [-0.25, -0.2) is 4.98 Å². The van der Waals surface area contributed by atoms with Gasteiger partial charge in [0.2, 0.25) is 0 Å². The molecule has 0 aliphatic rings. The van der Waals surface area contributed by atoms with Crippen LogP contribution in [0.2, 0.25) is 0 Å². The lowest BCUT2D eigenvalue weighted by atomic mass is 10.1. The molecule has 3 nitrogen and oxygen atoms in total. The van der Waals surface area contributed by atoms with Crippen LogP contribution in [0.5, 0.6) is 0 Å². The van der Waals surface area contributed by atoms with Gasteiger partial charge < -0.3 is 0 Å². The predicted octanol–water partition coefficient (Wildman–Crippen LogP) is 4.45. The molecule has 0 N–H and O–H groups in total. The predicted molar refractivity (Wildman–Crippen MR) is 129 cm³/mol. The van der Waals surface area contributed by atoms with Crippen LogP contribution in [0.25, 0.3) is 22.2 Å². The summed E-state index contributed by atoms with van der Waals surface area (Å²) in [6.45, 7) is 0. The number of aromatic nitrogens is 3. The molecule has 0 bridgehead atoms. The molecular weight excluding hydrogens is 405 g/mol. The summed E-state index contributed by atoms with van der Waals surface area (Å²) in [5.41, 5.74) is 4.80. The molecule has 0 atom stereocenters. The second kappa shape index (κ2) is 7.91. The zero-order chi connectivity index (χ0) is 20.4. The van der Waals surface area contributed by atoms with Crippen LogP contribution in [-0.2, 0) is 11.8 Å². The van der Waals surface area contributed by atoms with Gasteiger partial charge in [-0.2, -0.15) is 0 Å². The Morgan fingerprint density at radius 2 is 1.23 bits per heavy atom. The number of nitrogens with zero attached hydrogens (tertiary/aromatic N) is 3. The molecule has 3 heterocycles. The first-order chi connectivity index (χ1) is 14.7. The van der Waals surface area contributed by atoms with Gasteiger partial charge in [-0.05, 0) is 41.7 Å². The average Bonchev–Trinajstić information content (AvgIpc) is 2.84. The summed E-state index contributed by atoms with van der Waals surface area (Å²) in [5, 5.41) is 2.21. The number of para-hydroxylation sites is 1. The number of fused-ring (bicyclic) bond motifs is 1. The lowest BCUT2D eigenvalue weighted by Gasteiger charge is -2.21. The van der Waals surface area contributed by atoms with E-state index in [1.165, 1.54) is 0 Å². The summed E-state index contributed by atoms with van der Waals surface area (Å²) in [5.74, 6) is 0. The Bertz CT molecular complexity index is 1310. The SMILES string of the molecule is S=P(c1ccc(-c2ccc3ccccc3n2)cc1)(c1ccccn1)c1ccccn1. The first kappa shape index (κ1) is 18.8. The molecule has 144 valence electrons. The van der Waals surface area contributed by atoms with Crippen molar-refractivity contribution in [2.45, 2.75) is 0 Å². The molecule has 2 aromatic carbocycles. The number of pyridine rings is 3. The minimum absolute atomic E-state index is 0.898. The van der Waals surface area contributed by atoms with E-state index in [1.807, 2.05) is 54.6 Å². The Hall–Kier alpha value is -3.20. The fourth-order valence-corrected chi connectivity index (χ4v) is 6.93. The highest BCUT2D eigenvalue weighted by Crippen LogP contribution is 2.41. The van der Waals surface area contributed by atoms with Gasteiger partial charge in [0.05, 0.1) is 28.1 Å². The lowest BCUT2D eigenvalue weighted by Crippen LogP contribution is -2.28. The molecule has 5 aromatic rings. The standard InChI is InChI=1S/C25H18N3PS/c30-29(24-9-3-5-17-26-24,25-10-4-6-18-27-25)21-14-11-20(12-15-21)23-16-13-19-7-1-2-8-22(19)28-23/h1-18H. The Morgan fingerprint density at radius 1 is 0.600 bits per heavy atom. The highest BCUT2D eigenvalue weighted by atomic mass is 32.4. The zero-order valence-corrected chi connectivity index (χ0v) is 17.8. The Kier molecular flexibility index (Phi) is 4.96. The molecule has 0 saturated heterocycles. The molecule has 0 aliphatic carbocycles. The number of rotatable bonds is 4. The van der Waals surface area contributed by atoms with E-state index in [0.29, 0.717) is 0 Å². The molecule has 5 heteroatoms. The van der Waals surface area contributed by atoms with E-state index in [4.69, 9.17) is 16.8 Å². The summed E-state index contributed by atoms with van der Waals surface area (Å²) in [6.07, 6.45) is 3.60. The van der Waals surface area contributed by atoms with Gasteiger partial charge >= 0.3 is 0 Å². The van der Waals surface area contributed by atoms with Crippen LogP contribution in [0.15, 0.2) is 109 Å². The van der Waals surface area contributed by atoms with Crippen LogP contribution in [-0.4, -0.2) is 15.0 Å². The third-order valence-corrected chi connectivity index (χ3v) is 9.67. The number of hydrogen-bond acceptors (Lipinski definition) is 4. The summed E-state index contributed by atoms with van der Waals surface area (Å²) in [4.78, 5) is 14.0. The number of hydrogen-bond donors (Lipinski definition) is 0. The minimum atomic E-state index is -2.34. The third-order valence-electron chi connectivity index (χ3n) is 5.07. The van der Waals surface area contributed by atoms with Gasteiger partial charge in [-0.3, -0.25) is 9.97 Å². The maximum atomic E-state index is 6.30. The van der Waals surface area contributed by atoms with E-state index in [-0.39, 0.29) is 0 Å². The monoisotopic (exact) mass is 423 g/mol. The Balaban J connectivity index is 1.60. The van der Waals surface area contributed by atoms with Gasteiger partial charge in [-0.1, -0.05) is 72.5 Å². The van der Waals surface area contributed by atoms with Crippen LogP contribution in [0.3, 0.4) is 0 Å². The van der Waals surface area contributed by atoms with Crippen molar-refractivity contribution in [1.29, 1.82) is 0 Å². The Labute approximate surface area is 180 Å². The first-order valence-electron chi connectivity index (χ1n) is 9.65. The Morgan fingerprint density at radius 3 is 1.87 bits per heavy atom. The summed E-state index contributed by atoms with van der Waals surface area (Å²) in [7, 11) is 0. The van der Waals surface area contributed by atoms with Crippen molar-refractivity contribution < 1.29 is 0 Å². The molecular formula is C25H18N3PS. The summed E-state index contributed by atoms with van der Waals surface area (Å²) in [6, 6.07) is 30.2. The molecule has 0 aliphatic heterocycles. The van der Waals surface area contributed by atoms with Crippen molar-refractivity contribution in [3.8, 4) is 11.3 Å². The largest absolute Gasteiger partial charge is 0.255 e. The quantitative estimate of drug-likeness (QED) is 0.401. The number of benzene rings is 2. The van der Waals surface area contributed by atoms with Crippen LogP contribution in [0.4, 0.5) is 0 Å². The fraction of sp³-hybridized carbons (Fsp3) is 0. The van der Waals surface area contributed by atoms with E-state index in [9.17, 15) is 0 Å². The second-order valence-corrected chi connectivity index (χ2v) is 11.2. The van der Waals surface area contributed by atoms with Crippen LogP contribution < -0.4 is 16.2 Å². The van der Waals surface area contributed by atoms with Gasteiger partial charge in [0, 0.05) is 23.3 Å². The van der Waals surface area contributed by atoms with Gasteiger partial charge in [-0.15, -0.1) is 0 Å². The van der Waals surface area contributed by atoms with E-state index in [2.05, 4.69) is 52.4 Å². The van der Waals surface area contributed by atoms with Crippen LogP contribution in [0.1, 0.15) is 0 Å². The fourth-order valence-electron chi connectivity index (χ4n) is 3.53. The minimum Gasteiger partial charge on any atom is -0.255 e. The van der Waals surface area contributed by atoms with Gasteiger partial charge in [0.1, 0.15) is 0 Å². The lowest BCUT2D eigenvalue weighted by molar-refractivity contribution is 1.37. The van der Waals surface area contributed by atoms with Crippen molar-refractivity contribution in [2.75, 3.05) is 0 Å². The zero-order valence-electron chi connectivity index (χ0n) is 16.1. The smallest absolute Gasteiger partial charge is 0.0830 e. The second-order valence-electron chi connectivity index (χ2n) is 6.92. The van der Waals surface area contributed by atoms with Gasteiger partial charge in [0.25, 0.3) is 0 Å². The molecule has 0 unspecified atom stereocenters. The first-order valence-corrected chi connectivity index (χ1v) is 12.5. The van der Waals surface area contributed by atoms with Crippen molar-refractivity contribution in [1.82, 2.24) is 15.0 Å². The highest BCUT2D eigenvalue weighted by Gasteiger charge is 2.27. The van der Waals surface area contributed by atoms with Crippen LogP contribution >= 0.6 is 6.04 Å². The maximum absolute atomic E-state index is 6.30. The molecule has 0 spiro atoms. The molecule has 0 amide bonds. The maximum Gasteiger partial charge on any atom is 0.0830 e. The molecule has 0 fully saturated rings. The highest BCUT2D eigenvalue weighted by molar-refractivity contribution is 8.25. The van der Waals surface area contributed by atoms with Gasteiger partial charge in [0.15, 0.2) is 0 Å². The van der Waals surface area contributed by atoms with Crippen molar-refractivity contribution in [2.24, 2.45) is 0 Å². The van der Waals surface area contributed by atoms with E-state index < -0.39 is 6.04 Å². The topological polar surface area (TPSA) is 38.7 Å². The summed E-state index contributed by atoms with van der Waals surface area (Å²) < 4.78 is 0. The van der Waals surface area contributed by atoms with Crippen LogP contribution in [0, 0.1) is 0 Å². The molecule has 3 aromatic heterocycles. The van der Waals surface area contributed by atoms with Crippen molar-refractivity contribution in [3.05, 3.63) is 109 Å². The van der Waals surface area contributed by atoms with Crippen molar-refractivity contribution >= 4 is 44.9 Å². The molecule has 0 saturated carbocycles. The average molecular weight is 423 g/mol. The van der Waals surface area contributed by atoms with E-state index in [1.54, 1.807) is 12.4 Å². The summed E-state index contributed by atoms with van der Waals surface area (Å²) >= 11 is 6.30. The third kappa shape index (κ3) is 3.35. The van der Waals surface area contributed by atoms with E-state index in [0.717, 1.165) is 38.3 Å². The van der Waals surface area contributed by atoms with E-state index >= 15 is 0 Å². The molecule has 0 radical (unpaired) electrons.